The third-order valence-electron chi connectivity index (χ3n) is 6.71. The van der Waals surface area contributed by atoms with E-state index in [0.29, 0.717) is 15.8 Å². The minimum atomic E-state index is -1.08. The highest BCUT2D eigenvalue weighted by Gasteiger charge is 2.46. The lowest BCUT2D eigenvalue weighted by atomic mass is 10.1. The minimum Gasteiger partial charge on any atom is -0.497 e. The van der Waals surface area contributed by atoms with E-state index < -0.39 is 47.1 Å². The first-order chi connectivity index (χ1) is 21.8. The Balaban J connectivity index is 1.46. The molecule has 0 saturated carbocycles. The largest absolute Gasteiger partial charge is 0.497 e. The molecule has 0 atom stereocenters. The number of ether oxygens (including phenoxy) is 2. The van der Waals surface area contributed by atoms with E-state index >= 15 is 0 Å². The quantitative estimate of drug-likeness (QED) is 0.0446. The van der Waals surface area contributed by atoms with Gasteiger partial charge in [-0.15, -0.1) is 0 Å². The van der Waals surface area contributed by atoms with Crippen molar-refractivity contribution in [3.8, 4) is 11.5 Å². The molecular weight excluding hydrogens is 725 g/mol. The molecule has 9 nitrogen and oxygen atoms in total. The average Bonchev–Trinajstić information content (AvgIpc) is 3.31. The molecule has 0 aliphatic carbocycles. The molecule has 0 spiro atoms. The molecule has 0 radical (unpaired) electrons. The number of methoxy groups -OCH3 is 1. The number of carbonyl (C=O) groups is 5. The van der Waals surface area contributed by atoms with Crippen molar-refractivity contribution in [2.24, 2.45) is 0 Å². The van der Waals surface area contributed by atoms with E-state index in [1.165, 1.54) is 55.6 Å². The molecule has 0 N–H and O–H groups in total. The van der Waals surface area contributed by atoms with Gasteiger partial charge in [-0.1, -0.05) is 75.7 Å². The molecule has 4 aromatic carbocycles. The summed E-state index contributed by atoms with van der Waals surface area (Å²) in [7, 11) is 1.46. The van der Waals surface area contributed by atoms with Gasteiger partial charge in [0.05, 0.1) is 53.9 Å². The first-order valence-corrected chi connectivity index (χ1v) is 15.1. The molecule has 5 rings (SSSR count). The monoisotopic (exact) mass is 738 g/mol. The van der Waals surface area contributed by atoms with Gasteiger partial charge in [-0.3, -0.25) is 19.2 Å². The number of esters is 1. The number of hydrogen-bond acceptors (Lipinski definition) is 7. The van der Waals surface area contributed by atoms with Crippen LogP contribution in [0, 0.1) is 0 Å². The van der Waals surface area contributed by atoms with Crippen LogP contribution in [0.25, 0.3) is 0 Å². The highest BCUT2D eigenvalue weighted by molar-refractivity contribution is 6.55. The Hall–Kier alpha value is -3.83. The Morgan fingerprint density at radius 3 is 1.83 bits per heavy atom. The van der Waals surface area contributed by atoms with Crippen LogP contribution in [0.4, 0.5) is 0 Å². The van der Waals surface area contributed by atoms with E-state index in [1.807, 2.05) is 0 Å². The van der Waals surface area contributed by atoms with Crippen LogP contribution in [0.15, 0.2) is 66.7 Å². The summed E-state index contributed by atoms with van der Waals surface area (Å²) in [4.78, 5) is 67.1. The molecule has 46 heavy (non-hydrogen) atoms. The van der Waals surface area contributed by atoms with Crippen LogP contribution in [0.2, 0.25) is 30.1 Å². The van der Waals surface area contributed by atoms with Crippen molar-refractivity contribution in [2.75, 3.05) is 13.7 Å². The number of hydrogen-bond donors (Lipinski definition) is 0. The molecule has 3 amide bonds. The third kappa shape index (κ3) is 6.27. The van der Waals surface area contributed by atoms with Crippen molar-refractivity contribution < 1.29 is 33.4 Å². The molecule has 1 aliphatic heterocycles. The maximum absolute atomic E-state index is 13.8. The summed E-state index contributed by atoms with van der Waals surface area (Å²) in [6.07, 6.45) is 0. The molecule has 0 aromatic heterocycles. The number of hydrazine groups is 1. The minimum absolute atomic E-state index is 0.00453. The third-order valence-corrected chi connectivity index (χ3v) is 9.25. The molecule has 1 aliphatic rings. The fourth-order valence-electron chi connectivity index (χ4n) is 4.42. The van der Waals surface area contributed by atoms with Crippen molar-refractivity contribution in [1.82, 2.24) is 10.0 Å². The van der Waals surface area contributed by atoms with Gasteiger partial charge in [-0.25, -0.2) is 9.80 Å². The number of carbonyl (C=O) groups excluding carboxylic acids is 5. The average molecular weight is 741 g/mol. The molecule has 15 heteroatoms. The fraction of sp³-hybridized carbons (Fsp3) is 0.0645. The molecule has 4 aromatic rings. The summed E-state index contributed by atoms with van der Waals surface area (Å²) < 4.78 is 10.5. The molecule has 234 valence electrons. The lowest BCUT2D eigenvalue weighted by molar-refractivity contribution is 0.00532. The zero-order valence-electron chi connectivity index (χ0n) is 23.1. The summed E-state index contributed by atoms with van der Waals surface area (Å²) in [5.74, 6) is -3.91. The number of benzene rings is 4. The van der Waals surface area contributed by atoms with Crippen LogP contribution in [-0.4, -0.2) is 53.1 Å². The summed E-state index contributed by atoms with van der Waals surface area (Å²) >= 11 is 36.9. The van der Waals surface area contributed by atoms with Gasteiger partial charge in [0.25, 0.3) is 17.7 Å². The molecule has 1 heterocycles. The summed E-state index contributed by atoms with van der Waals surface area (Å²) in [5.41, 5.74) is -0.612. The Morgan fingerprint density at radius 1 is 0.674 bits per heavy atom. The van der Waals surface area contributed by atoms with E-state index in [2.05, 4.69) is 0 Å². The first-order valence-electron chi connectivity index (χ1n) is 12.8. The lowest BCUT2D eigenvalue weighted by Crippen LogP contribution is -2.51. The van der Waals surface area contributed by atoms with Gasteiger partial charge in [0, 0.05) is 11.1 Å². The number of nitrogens with zero attached hydrogens (tertiary/aromatic N) is 2. The lowest BCUT2D eigenvalue weighted by Gasteiger charge is -2.29. The second kappa shape index (κ2) is 13.5. The molecular formula is C31H16Cl6N2O7. The molecule has 0 unspecified atom stereocenters. The number of halogens is 6. The Morgan fingerprint density at radius 2 is 1.26 bits per heavy atom. The van der Waals surface area contributed by atoms with Crippen molar-refractivity contribution in [2.45, 2.75) is 0 Å². The number of rotatable bonds is 8. The van der Waals surface area contributed by atoms with E-state index in [0.717, 1.165) is 0 Å². The maximum Gasteiger partial charge on any atom is 0.343 e. The summed E-state index contributed by atoms with van der Waals surface area (Å²) in [6.45, 7) is -0.815. The number of Topliss-reactive ketones (excluding diaryl/α,β-unsaturated/α-hetero) is 1. The molecule has 0 bridgehead atoms. The first kappa shape index (κ1) is 33.5. The summed E-state index contributed by atoms with van der Waals surface area (Å²) in [5, 5.41) is -0.0821. The highest BCUT2D eigenvalue weighted by atomic mass is 35.5. The van der Waals surface area contributed by atoms with Crippen LogP contribution in [0.3, 0.4) is 0 Å². The Labute approximate surface area is 290 Å². The van der Waals surface area contributed by atoms with Crippen molar-refractivity contribution >= 4 is 99.1 Å². The van der Waals surface area contributed by atoms with Crippen LogP contribution >= 0.6 is 69.6 Å². The second-order valence-electron chi connectivity index (χ2n) is 9.49. The van der Waals surface area contributed by atoms with E-state index in [9.17, 15) is 24.0 Å². The predicted octanol–water partition coefficient (Wildman–Crippen LogP) is 8.37. The Kier molecular flexibility index (Phi) is 9.83. The van der Waals surface area contributed by atoms with Gasteiger partial charge in [-0.2, -0.15) is 5.01 Å². The van der Waals surface area contributed by atoms with Gasteiger partial charge in [0.1, 0.15) is 18.0 Å². The topological polar surface area (TPSA) is 110 Å². The predicted molar refractivity (Wildman–Crippen MR) is 173 cm³/mol. The normalized spacial score (nSPS) is 12.2. The highest BCUT2D eigenvalue weighted by Crippen LogP contribution is 2.45. The SMILES string of the molecule is COc1cccc(C(=O)Oc2ccc(C(=O)CN(C(=O)c3ccc(Cl)c(Cl)c3)N3C(=O)c4c(Cl)c(Cl)c(Cl)c(Cl)c4C3=O)cc2)c1. The van der Waals surface area contributed by atoms with Crippen molar-refractivity contribution in [3.63, 3.8) is 0 Å². The van der Waals surface area contributed by atoms with Gasteiger partial charge < -0.3 is 9.47 Å². The van der Waals surface area contributed by atoms with Crippen LogP contribution in [0.5, 0.6) is 11.5 Å². The number of ketones is 1. The van der Waals surface area contributed by atoms with E-state index in [1.54, 1.807) is 18.2 Å². The second-order valence-corrected chi connectivity index (χ2v) is 11.8. The number of amides is 3. The molecule has 0 saturated heterocycles. The number of fused-ring (bicyclic) bond motifs is 1. The number of imide groups is 1. The fourth-order valence-corrected chi connectivity index (χ4v) is 5.73. The van der Waals surface area contributed by atoms with Gasteiger partial charge in [0.2, 0.25) is 0 Å². The van der Waals surface area contributed by atoms with Gasteiger partial charge >= 0.3 is 5.97 Å². The van der Waals surface area contributed by atoms with Gasteiger partial charge in [0.15, 0.2) is 5.78 Å². The maximum atomic E-state index is 13.8. The van der Waals surface area contributed by atoms with E-state index in [-0.39, 0.29) is 52.6 Å². The Bertz CT molecular complexity index is 1920. The zero-order valence-corrected chi connectivity index (χ0v) is 27.6. The van der Waals surface area contributed by atoms with E-state index in [4.69, 9.17) is 79.1 Å². The zero-order chi connectivity index (χ0) is 33.4. The smallest absolute Gasteiger partial charge is 0.343 e. The standard InChI is InChI=1S/C31H16Cl6N2O7/c1-45-18-4-2-3-16(11-18)31(44)46-17-8-5-14(6-9-17)21(40)13-38(28(41)15-7-10-19(32)20(33)12-15)39-29(42)22-23(30(39)43)25(35)27(37)26(36)24(22)34/h2-12H,13H2,1H3. The van der Waals surface area contributed by atoms with Crippen molar-refractivity contribution in [1.29, 1.82) is 0 Å². The van der Waals surface area contributed by atoms with Gasteiger partial charge in [-0.05, 0) is 60.7 Å². The van der Waals surface area contributed by atoms with Crippen LogP contribution in [0.1, 0.15) is 51.8 Å². The van der Waals surface area contributed by atoms with Crippen LogP contribution < -0.4 is 9.47 Å². The summed E-state index contributed by atoms with van der Waals surface area (Å²) in [6, 6.07) is 15.6. The van der Waals surface area contributed by atoms with Crippen LogP contribution in [-0.2, 0) is 0 Å². The molecule has 0 fully saturated rings. The van der Waals surface area contributed by atoms with Crippen molar-refractivity contribution in [3.05, 3.63) is 125 Å².